The van der Waals surface area contributed by atoms with E-state index < -0.39 is 0 Å². The zero-order valence-electron chi connectivity index (χ0n) is 9.40. The highest BCUT2D eigenvalue weighted by Crippen LogP contribution is 2.28. The summed E-state index contributed by atoms with van der Waals surface area (Å²) in [5, 5.41) is 8.87. The van der Waals surface area contributed by atoms with Crippen LogP contribution in [0.3, 0.4) is 0 Å². The average Bonchev–Trinajstić information content (AvgIpc) is 2.38. The Bertz CT molecular complexity index is 467. The summed E-state index contributed by atoms with van der Waals surface area (Å²) in [5.74, 6) is 0. The van der Waals surface area contributed by atoms with Crippen molar-refractivity contribution in [1.29, 1.82) is 5.26 Å². The predicted octanol–water partition coefficient (Wildman–Crippen LogP) is 2.88. The average molecular weight is 293 g/mol. The normalized spacial score (nSPS) is 19.8. The molecule has 88 valence electrons. The first kappa shape index (κ1) is 12.1. The number of carbonyl (C=O) groups is 1. The number of piperidine rings is 1. The quantitative estimate of drug-likeness (QED) is 0.788. The summed E-state index contributed by atoms with van der Waals surface area (Å²) in [6, 6.07) is 7.70. The summed E-state index contributed by atoms with van der Waals surface area (Å²) in [4.78, 5) is 13.2. The number of anilines is 1. The van der Waals surface area contributed by atoms with Crippen LogP contribution >= 0.6 is 15.9 Å². The molecule has 0 radical (unpaired) electrons. The SMILES string of the molecule is N#Cc1ccc(N2CCCCC2C=O)cc1Br. The van der Waals surface area contributed by atoms with Gasteiger partial charge in [-0.15, -0.1) is 0 Å². The highest BCUT2D eigenvalue weighted by Gasteiger charge is 2.22. The first-order chi connectivity index (χ1) is 8.26. The van der Waals surface area contributed by atoms with Gasteiger partial charge in [0.25, 0.3) is 0 Å². The van der Waals surface area contributed by atoms with Crippen molar-refractivity contribution in [2.75, 3.05) is 11.4 Å². The fourth-order valence-electron chi connectivity index (χ4n) is 2.19. The topological polar surface area (TPSA) is 44.1 Å². The van der Waals surface area contributed by atoms with Crippen LogP contribution in [0, 0.1) is 11.3 Å². The van der Waals surface area contributed by atoms with Crippen molar-refractivity contribution in [3.63, 3.8) is 0 Å². The Morgan fingerprint density at radius 3 is 2.94 bits per heavy atom. The molecule has 1 fully saturated rings. The van der Waals surface area contributed by atoms with E-state index in [-0.39, 0.29) is 6.04 Å². The molecule has 4 heteroatoms. The number of hydrogen-bond acceptors (Lipinski definition) is 3. The van der Waals surface area contributed by atoms with Crippen molar-refractivity contribution in [1.82, 2.24) is 0 Å². The number of nitrogens with zero attached hydrogens (tertiary/aromatic N) is 2. The maximum atomic E-state index is 11.0. The number of aldehydes is 1. The molecular formula is C13H13BrN2O. The Morgan fingerprint density at radius 2 is 2.29 bits per heavy atom. The molecule has 0 spiro atoms. The Labute approximate surface area is 109 Å². The van der Waals surface area contributed by atoms with Gasteiger partial charge in [0, 0.05) is 16.7 Å². The molecule has 17 heavy (non-hydrogen) atoms. The second-order valence-electron chi connectivity index (χ2n) is 4.17. The van der Waals surface area contributed by atoms with Crippen LogP contribution in [0.25, 0.3) is 0 Å². The fourth-order valence-corrected chi connectivity index (χ4v) is 2.65. The van der Waals surface area contributed by atoms with Gasteiger partial charge in [-0.3, -0.25) is 0 Å². The van der Waals surface area contributed by atoms with E-state index in [4.69, 9.17) is 5.26 Å². The number of hydrogen-bond donors (Lipinski definition) is 0. The summed E-state index contributed by atoms with van der Waals surface area (Å²) in [6.45, 7) is 0.905. The predicted molar refractivity (Wildman–Crippen MR) is 69.9 cm³/mol. The standard InChI is InChI=1S/C13H13BrN2O/c14-13-7-11(5-4-10(13)8-15)16-6-2-1-3-12(16)9-17/h4-5,7,9,12H,1-3,6H2. The molecule has 0 N–H and O–H groups in total. The van der Waals surface area contributed by atoms with Crippen LogP contribution in [0.1, 0.15) is 24.8 Å². The van der Waals surface area contributed by atoms with Crippen molar-refractivity contribution in [3.8, 4) is 6.07 Å². The van der Waals surface area contributed by atoms with E-state index in [2.05, 4.69) is 26.9 Å². The second kappa shape index (κ2) is 5.33. The van der Waals surface area contributed by atoms with E-state index in [1.54, 1.807) is 6.07 Å². The van der Waals surface area contributed by atoms with Crippen LogP contribution in [0.15, 0.2) is 22.7 Å². The Morgan fingerprint density at radius 1 is 1.47 bits per heavy atom. The number of nitriles is 1. The molecule has 0 bridgehead atoms. The Hall–Kier alpha value is -1.34. The van der Waals surface area contributed by atoms with Crippen molar-refractivity contribution in [3.05, 3.63) is 28.2 Å². The first-order valence-electron chi connectivity index (χ1n) is 5.68. The molecule has 1 aromatic carbocycles. The molecule has 2 rings (SSSR count). The first-order valence-corrected chi connectivity index (χ1v) is 6.47. The Kier molecular flexibility index (Phi) is 3.80. The lowest BCUT2D eigenvalue weighted by Gasteiger charge is -2.34. The van der Waals surface area contributed by atoms with Gasteiger partial charge in [-0.1, -0.05) is 0 Å². The van der Waals surface area contributed by atoms with Crippen molar-refractivity contribution in [2.24, 2.45) is 0 Å². The lowest BCUT2D eigenvalue weighted by atomic mass is 10.0. The summed E-state index contributed by atoms with van der Waals surface area (Å²) in [5.41, 5.74) is 1.63. The minimum atomic E-state index is -0.0245. The summed E-state index contributed by atoms with van der Waals surface area (Å²) >= 11 is 3.38. The van der Waals surface area contributed by atoms with Crippen molar-refractivity contribution >= 4 is 27.9 Å². The van der Waals surface area contributed by atoms with E-state index in [0.29, 0.717) is 5.56 Å². The van der Waals surface area contributed by atoms with Gasteiger partial charge in [-0.25, -0.2) is 0 Å². The van der Waals surface area contributed by atoms with E-state index in [9.17, 15) is 4.79 Å². The molecule has 1 atom stereocenters. The molecule has 1 heterocycles. The smallest absolute Gasteiger partial charge is 0.142 e. The largest absolute Gasteiger partial charge is 0.362 e. The summed E-state index contributed by atoms with van der Waals surface area (Å²) in [7, 11) is 0. The summed E-state index contributed by atoms with van der Waals surface area (Å²) in [6.07, 6.45) is 4.16. The molecule has 1 aromatic rings. The van der Waals surface area contributed by atoms with Gasteiger partial charge in [0.1, 0.15) is 12.4 Å². The van der Waals surface area contributed by atoms with Gasteiger partial charge < -0.3 is 9.69 Å². The minimum Gasteiger partial charge on any atom is -0.362 e. The number of rotatable bonds is 2. The summed E-state index contributed by atoms with van der Waals surface area (Å²) < 4.78 is 0.785. The third kappa shape index (κ3) is 2.50. The van der Waals surface area contributed by atoms with Gasteiger partial charge >= 0.3 is 0 Å². The lowest BCUT2D eigenvalue weighted by Crippen LogP contribution is -2.40. The molecule has 1 aliphatic heterocycles. The van der Waals surface area contributed by atoms with E-state index in [1.807, 2.05) is 12.1 Å². The number of benzene rings is 1. The van der Waals surface area contributed by atoms with E-state index in [1.165, 1.54) is 0 Å². The number of carbonyl (C=O) groups excluding carboxylic acids is 1. The molecule has 3 nitrogen and oxygen atoms in total. The van der Waals surface area contributed by atoms with E-state index >= 15 is 0 Å². The van der Waals surface area contributed by atoms with Gasteiger partial charge in [0.05, 0.1) is 11.6 Å². The van der Waals surface area contributed by atoms with E-state index in [0.717, 1.165) is 42.3 Å². The molecule has 0 aliphatic carbocycles. The van der Waals surface area contributed by atoms with Gasteiger partial charge in [-0.2, -0.15) is 5.26 Å². The highest BCUT2D eigenvalue weighted by molar-refractivity contribution is 9.10. The van der Waals surface area contributed by atoms with Crippen LogP contribution in [0.5, 0.6) is 0 Å². The zero-order valence-corrected chi connectivity index (χ0v) is 11.0. The monoisotopic (exact) mass is 292 g/mol. The molecule has 1 unspecified atom stereocenters. The maximum absolute atomic E-state index is 11.0. The number of halogens is 1. The maximum Gasteiger partial charge on any atom is 0.142 e. The van der Waals surface area contributed by atoms with Crippen LogP contribution in [-0.2, 0) is 4.79 Å². The van der Waals surface area contributed by atoms with Crippen LogP contribution in [0.4, 0.5) is 5.69 Å². The molecular weight excluding hydrogens is 280 g/mol. The third-order valence-corrected chi connectivity index (χ3v) is 3.77. The lowest BCUT2D eigenvalue weighted by molar-refractivity contribution is -0.109. The molecule has 0 amide bonds. The highest BCUT2D eigenvalue weighted by atomic mass is 79.9. The van der Waals surface area contributed by atoms with Gasteiger partial charge in [0.2, 0.25) is 0 Å². The van der Waals surface area contributed by atoms with Crippen molar-refractivity contribution in [2.45, 2.75) is 25.3 Å². The van der Waals surface area contributed by atoms with Gasteiger partial charge in [0.15, 0.2) is 0 Å². The second-order valence-corrected chi connectivity index (χ2v) is 5.02. The fraction of sp³-hybridized carbons (Fsp3) is 0.385. The zero-order chi connectivity index (χ0) is 12.3. The molecule has 0 saturated carbocycles. The van der Waals surface area contributed by atoms with Crippen molar-refractivity contribution < 1.29 is 4.79 Å². The molecule has 1 aliphatic rings. The van der Waals surface area contributed by atoms with Crippen LogP contribution < -0.4 is 4.90 Å². The van der Waals surface area contributed by atoms with Crippen LogP contribution in [-0.4, -0.2) is 18.9 Å². The van der Waals surface area contributed by atoms with Gasteiger partial charge in [-0.05, 0) is 53.4 Å². The Balaban J connectivity index is 2.29. The third-order valence-electron chi connectivity index (χ3n) is 3.11. The van der Waals surface area contributed by atoms with Crippen LogP contribution in [0.2, 0.25) is 0 Å². The minimum absolute atomic E-state index is 0.0245. The molecule has 0 aromatic heterocycles. The molecule has 1 saturated heterocycles.